The Hall–Kier alpha value is -2.96. The minimum atomic E-state index is -0.209. The monoisotopic (exact) mass is 396 g/mol. The van der Waals surface area contributed by atoms with Gasteiger partial charge in [0.15, 0.2) is 0 Å². The first kappa shape index (κ1) is 20.8. The van der Waals surface area contributed by atoms with E-state index < -0.39 is 0 Å². The fourth-order valence-corrected chi connectivity index (χ4v) is 3.92. The highest BCUT2D eigenvalue weighted by atomic mass is 16.2. The van der Waals surface area contributed by atoms with Gasteiger partial charge in [0.2, 0.25) is 11.8 Å². The summed E-state index contributed by atoms with van der Waals surface area (Å²) in [7, 11) is 1.64. The molecule has 1 aliphatic rings. The fourth-order valence-electron chi connectivity index (χ4n) is 3.92. The van der Waals surface area contributed by atoms with E-state index in [1.54, 1.807) is 7.05 Å². The molecule has 1 aliphatic carbocycles. The number of benzene rings is 1. The van der Waals surface area contributed by atoms with Crippen LogP contribution in [0.2, 0.25) is 0 Å². The zero-order chi connectivity index (χ0) is 20.8. The summed E-state index contributed by atoms with van der Waals surface area (Å²) in [6.45, 7) is 2.04. The largest absolute Gasteiger partial charge is 0.355 e. The smallest absolute Gasteiger partial charge is 0.251 e. The second-order valence-corrected chi connectivity index (χ2v) is 7.62. The van der Waals surface area contributed by atoms with E-state index in [0.717, 1.165) is 42.3 Å². The van der Waals surface area contributed by atoms with Gasteiger partial charge in [-0.3, -0.25) is 19.4 Å². The fraction of sp³-hybridized carbons (Fsp3) is 0.455. The molecule has 0 spiro atoms. The molecule has 7 nitrogen and oxygen atoms in total. The summed E-state index contributed by atoms with van der Waals surface area (Å²) in [4.78, 5) is 39.8. The first-order valence-corrected chi connectivity index (χ1v) is 10.1. The lowest BCUT2D eigenvalue weighted by Crippen LogP contribution is -2.38. The van der Waals surface area contributed by atoms with E-state index >= 15 is 0 Å². The van der Waals surface area contributed by atoms with Crippen molar-refractivity contribution in [1.82, 2.24) is 20.9 Å². The number of rotatable bonds is 6. The van der Waals surface area contributed by atoms with Gasteiger partial charge in [0, 0.05) is 37.5 Å². The van der Waals surface area contributed by atoms with E-state index in [9.17, 15) is 14.4 Å². The molecule has 154 valence electrons. The summed E-state index contributed by atoms with van der Waals surface area (Å²) >= 11 is 0. The van der Waals surface area contributed by atoms with Crippen LogP contribution in [0, 0.1) is 5.92 Å². The van der Waals surface area contributed by atoms with E-state index in [4.69, 9.17) is 4.98 Å². The lowest BCUT2D eigenvalue weighted by molar-refractivity contribution is -0.125. The van der Waals surface area contributed by atoms with Crippen molar-refractivity contribution in [3.8, 4) is 0 Å². The molecule has 1 saturated carbocycles. The Bertz CT molecular complexity index is 904. The van der Waals surface area contributed by atoms with Gasteiger partial charge in [-0.15, -0.1) is 0 Å². The molecule has 2 aromatic rings. The summed E-state index contributed by atoms with van der Waals surface area (Å²) in [5.74, 6) is 0.273. The molecular formula is C22H28N4O3. The first-order valence-electron chi connectivity index (χ1n) is 10.1. The van der Waals surface area contributed by atoms with E-state index in [1.165, 1.54) is 6.92 Å². The van der Waals surface area contributed by atoms with Crippen LogP contribution < -0.4 is 16.0 Å². The molecule has 3 rings (SSSR count). The van der Waals surface area contributed by atoms with E-state index in [2.05, 4.69) is 16.0 Å². The molecule has 1 fully saturated rings. The highest BCUT2D eigenvalue weighted by Gasteiger charge is 2.25. The Balaban J connectivity index is 1.62. The predicted octanol–water partition coefficient (Wildman–Crippen LogP) is 2.12. The van der Waals surface area contributed by atoms with Crippen molar-refractivity contribution < 1.29 is 14.4 Å². The summed E-state index contributed by atoms with van der Waals surface area (Å²) < 4.78 is 0. The lowest BCUT2D eigenvalue weighted by Gasteiger charge is -2.28. The normalized spacial score (nSPS) is 18.8. The van der Waals surface area contributed by atoms with Crippen LogP contribution in [0.3, 0.4) is 0 Å². The highest BCUT2D eigenvalue weighted by molar-refractivity contribution is 6.06. The molecule has 1 heterocycles. The molecule has 29 heavy (non-hydrogen) atoms. The maximum atomic E-state index is 12.4. The molecule has 3 N–H and O–H groups in total. The Kier molecular flexibility index (Phi) is 6.80. The van der Waals surface area contributed by atoms with E-state index in [0.29, 0.717) is 23.9 Å². The van der Waals surface area contributed by atoms with Gasteiger partial charge in [0.1, 0.15) is 0 Å². The van der Waals surface area contributed by atoms with Crippen molar-refractivity contribution in [3.63, 3.8) is 0 Å². The van der Waals surface area contributed by atoms with E-state index in [-0.39, 0.29) is 24.3 Å². The van der Waals surface area contributed by atoms with Crippen molar-refractivity contribution in [2.45, 2.75) is 38.5 Å². The summed E-state index contributed by atoms with van der Waals surface area (Å²) in [6.07, 6.45) is 3.94. The number of para-hydroxylation sites is 1. The van der Waals surface area contributed by atoms with Crippen LogP contribution in [0.15, 0.2) is 30.3 Å². The zero-order valence-corrected chi connectivity index (χ0v) is 17.0. The minimum absolute atomic E-state index is 0.0218. The molecule has 0 aliphatic heterocycles. The second-order valence-electron chi connectivity index (χ2n) is 7.62. The molecule has 0 bridgehead atoms. The molecule has 0 unspecified atom stereocenters. The molecule has 3 amide bonds. The third-order valence-corrected chi connectivity index (χ3v) is 5.56. The van der Waals surface area contributed by atoms with Gasteiger partial charge in [0.05, 0.1) is 17.6 Å². The molecular weight excluding hydrogens is 368 g/mol. The van der Waals surface area contributed by atoms with Crippen LogP contribution in [-0.2, 0) is 9.59 Å². The van der Waals surface area contributed by atoms with Crippen LogP contribution >= 0.6 is 0 Å². The SMILES string of the molecule is CNC(=O)c1cc(C2CCC(CNC(=O)CNC(C)=O)CC2)nc2ccccc12. The molecule has 0 atom stereocenters. The molecule has 1 aromatic heterocycles. The Morgan fingerprint density at radius 1 is 1.07 bits per heavy atom. The molecule has 0 saturated heterocycles. The maximum absolute atomic E-state index is 12.4. The predicted molar refractivity (Wildman–Crippen MR) is 112 cm³/mol. The Morgan fingerprint density at radius 2 is 1.79 bits per heavy atom. The highest BCUT2D eigenvalue weighted by Crippen LogP contribution is 2.36. The van der Waals surface area contributed by atoms with Crippen LogP contribution in [0.25, 0.3) is 10.9 Å². The number of carbonyl (C=O) groups excluding carboxylic acids is 3. The number of amides is 3. The van der Waals surface area contributed by atoms with Crippen molar-refractivity contribution in [1.29, 1.82) is 0 Å². The van der Waals surface area contributed by atoms with Crippen molar-refractivity contribution >= 4 is 28.6 Å². The maximum Gasteiger partial charge on any atom is 0.251 e. The van der Waals surface area contributed by atoms with Crippen molar-refractivity contribution in [2.24, 2.45) is 5.92 Å². The van der Waals surface area contributed by atoms with Crippen molar-refractivity contribution in [2.75, 3.05) is 20.1 Å². The number of hydrogen-bond acceptors (Lipinski definition) is 4. The molecule has 7 heteroatoms. The lowest BCUT2D eigenvalue weighted by atomic mass is 9.80. The van der Waals surface area contributed by atoms with Crippen LogP contribution in [0.4, 0.5) is 0 Å². The Labute approximate surface area is 170 Å². The average molecular weight is 396 g/mol. The number of fused-ring (bicyclic) bond motifs is 1. The van der Waals surface area contributed by atoms with Gasteiger partial charge >= 0.3 is 0 Å². The number of pyridine rings is 1. The van der Waals surface area contributed by atoms with Gasteiger partial charge in [-0.2, -0.15) is 0 Å². The van der Waals surface area contributed by atoms with Crippen molar-refractivity contribution in [3.05, 3.63) is 41.6 Å². The van der Waals surface area contributed by atoms with Gasteiger partial charge in [-0.25, -0.2) is 0 Å². The number of aromatic nitrogens is 1. The van der Waals surface area contributed by atoms with Gasteiger partial charge in [-0.05, 0) is 43.7 Å². The van der Waals surface area contributed by atoms with E-state index in [1.807, 2.05) is 30.3 Å². The second kappa shape index (κ2) is 9.49. The number of hydrogen-bond donors (Lipinski definition) is 3. The summed E-state index contributed by atoms with van der Waals surface area (Å²) in [5, 5.41) is 8.99. The first-order chi connectivity index (χ1) is 14.0. The van der Waals surface area contributed by atoms with Crippen LogP contribution in [0.1, 0.15) is 54.6 Å². The molecule has 0 radical (unpaired) electrons. The molecule has 1 aromatic carbocycles. The van der Waals surface area contributed by atoms with Gasteiger partial charge in [0.25, 0.3) is 5.91 Å². The third-order valence-electron chi connectivity index (χ3n) is 5.56. The van der Waals surface area contributed by atoms with Gasteiger partial charge in [-0.1, -0.05) is 18.2 Å². The summed E-state index contributed by atoms with van der Waals surface area (Å²) in [5.41, 5.74) is 2.48. The number of nitrogens with zero attached hydrogens (tertiary/aromatic N) is 1. The number of carbonyl (C=O) groups is 3. The van der Waals surface area contributed by atoms with Gasteiger partial charge < -0.3 is 16.0 Å². The zero-order valence-electron chi connectivity index (χ0n) is 17.0. The summed E-state index contributed by atoms with van der Waals surface area (Å²) in [6, 6.07) is 9.66. The standard InChI is InChI=1S/C22H28N4O3/c1-14(27)24-13-21(28)25-12-15-7-9-16(10-8-15)20-11-18(22(29)23-2)17-5-3-4-6-19(17)26-20/h3-6,11,15-16H,7-10,12-13H2,1-2H3,(H,23,29)(H,24,27)(H,25,28). The minimum Gasteiger partial charge on any atom is -0.355 e. The third kappa shape index (κ3) is 5.31. The van der Waals surface area contributed by atoms with Crippen LogP contribution in [0.5, 0.6) is 0 Å². The quantitative estimate of drug-likeness (QED) is 0.696. The number of nitrogens with one attached hydrogen (secondary N) is 3. The van der Waals surface area contributed by atoms with Crippen LogP contribution in [-0.4, -0.2) is 42.8 Å². The topological polar surface area (TPSA) is 100 Å². The average Bonchev–Trinajstić information content (AvgIpc) is 2.75. The Morgan fingerprint density at radius 3 is 2.48 bits per heavy atom.